The summed E-state index contributed by atoms with van der Waals surface area (Å²) in [5.41, 5.74) is 2.66. The quantitative estimate of drug-likeness (QED) is 0.291. The molecule has 0 unspecified atom stereocenters. The van der Waals surface area contributed by atoms with Gasteiger partial charge in [0.05, 0.1) is 23.5 Å². The Hall–Kier alpha value is -3.54. The van der Waals surface area contributed by atoms with Crippen molar-refractivity contribution in [1.29, 1.82) is 0 Å². The second-order valence-corrected chi connectivity index (χ2v) is 11.8. The van der Waals surface area contributed by atoms with Crippen molar-refractivity contribution in [2.45, 2.75) is 50.7 Å². The van der Waals surface area contributed by atoms with Crippen LogP contribution in [0, 0.1) is 12.8 Å². The van der Waals surface area contributed by atoms with E-state index in [0.717, 1.165) is 26.5 Å². The highest BCUT2D eigenvalue weighted by Gasteiger charge is 2.58. The Bertz CT molecular complexity index is 1470. The number of fused-ring (bicyclic) bond motifs is 1. The van der Waals surface area contributed by atoms with Gasteiger partial charge in [0.2, 0.25) is 15.9 Å². The van der Waals surface area contributed by atoms with Gasteiger partial charge in [-0.1, -0.05) is 32.0 Å². The smallest absolute Gasteiger partial charge is 0.268 e. The molecule has 0 aliphatic carbocycles. The fourth-order valence-corrected chi connectivity index (χ4v) is 6.45. The van der Waals surface area contributed by atoms with Gasteiger partial charge < -0.3 is 9.64 Å². The number of ether oxygens (including phenoxy) is 1. The molecule has 10 nitrogen and oxygen atoms in total. The van der Waals surface area contributed by atoms with E-state index in [1.165, 1.54) is 24.1 Å². The third-order valence-corrected chi connectivity index (χ3v) is 9.42. The molecular weight excluding hydrogens is 520 g/mol. The van der Waals surface area contributed by atoms with Gasteiger partial charge in [0.1, 0.15) is 12.4 Å². The van der Waals surface area contributed by atoms with E-state index < -0.39 is 21.5 Å². The number of likely N-dealkylation sites (tertiary alicyclic amines) is 1. The Morgan fingerprint density at radius 1 is 1.13 bits per heavy atom. The van der Waals surface area contributed by atoms with E-state index in [1.54, 1.807) is 17.6 Å². The van der Waals surface area contributed by atoms with E-state index in [-0.39, 0.29) is 36.4 Å². The summed E-state index contributed by atoms with van der Waals surface area (Å²) in [4.78, 5) is 31.4. The number of aryl methyl sites for hydroxylation is 1. The van der Waals surface area contributed by atoms with Crippen LogP contribution < -0.4 is 10.2 Å². The Morgan fingerprint density at radius 2 is 1.77 bits per heavy atom. The number of aromatic nitrogens is 1. The van der Waals surface area contributed by atoms with Gasteiger partial charge in [-0.05, 0) is 56.2 Å². The molecule has 1 saturated heterocycles. The van der Waals surface area contributed by atoms with Gasteiger partial charge in [0.15, 0.2) is 5.54 Å². The van der Waals surface area contributed by atoms with Gasteiger partial charge in [-0.25, -0.2) is 13.9 Å². The van der Waals surface area contributed by atoms with Crippen molar-refractivity contribution in [2.24, 2.45) is 5.92 Å². The van der Waals surface area contributed by atoms with E-state index in [9.17, 15) is 23.2 Å². The van der Waals surface area contributed by atoms with Crippen LogP contribution in [0.5, 0.6) is 5.75 Å². The van der Waals surface area contributed by atoms with Gasteiger partial charge in [0, 0.05) is 29.6 Å². The highest BCUT2D eigenvalue weighted by Crippen LogP contribution is 2.34. The van der Waals surface area contributed by atoms with Gasteiger partial charge in [0.25, 0.3) is 5.91 Å². The van der Waals surface area contributed by atoms with Crippen molar-refractivity contribution in [1.82, 2.24) is 19.7 Å². The predicted octanol–water partition coefficient (Wildman–Crippen LogP) is 3.27. The van der Waals surface area contributed by atoms with Gasteiger partial charge in [-0.2, -0.15) is 4.31 Å². The summed E-state index contributed by atoms with van der Waals surface area (Å²) in [6, 6.07) is 15.7. The zero-order valence-electron chi connectivity index (χ0n) is 22.5. The van der Waals surface area contributed by atoms with Crippen molar-refractivity contribution in [3.8, 4) is 5.75 Å². The summed E-state index contributed by atoms with van der Waals surface area (Å²) in [5, 5.41) is 10.4. The topological polar surface area (TPSA) is 129 Å². The van der Waals surface area contributed by atoms with Crippen molar-refractivity contribution in [2.75, 3.05) is 20.1 Å². The van der Waals surface area contributed by atoms with Crippen LogP contribution in [0.4, 0.5) is 0 Å². The third kappa shape index (κ3) is 5.34. The fraction of sp³-hybridized carbons (Fsp3) is 0.393. The molecule has 11 heteroatoms. The monoisotopic (exact) mass is 554 g/mol. The van der Waals surface area contributed by atoms with Gasteiger partial charge >= 0.3 is 0 Å². The summed E-state index contributed by atoms with van der Waals surface area (Å²) in [5.74, 6) is -0.750. The van der Waals surface area contributed by atoms with Gasteiger partial charge in [-0.15, -0.1) is 0 Å². The lowest BCUT2D eigenvalue weighted by atomic mass is 9.87. The SMILES string of the molecule is CCC(CC)C(=O)N1CC(C(=O)NO)(N(C)S(=O)(=O)c2ccc(OCc3cc(C)nc4ccccc34)cc2)C1. The number of nitrogens with one attached hydrogen (secondary N) is 1. The second-order valence-electron chi connectivity index (χ2n) is 9.85. The van der Waals surface area contributed by atoms with Crippen molar-refractivity contribution in [3.05, 3.63) is 65.9 Å². The maximum Gasteiger partial charge on any atom is 0.268 e. The molecule has 0 saturated carbocycles. The highest BCUT2D eigenvalue weighted by atomic mass is 32.2. The van der Waals surface area contributed by atoms with Crippen LogP contribution in [0.25, 0.3) is 10.9 Å². The number of hydrogen-bond acceptors (Lipinski definition) is 7. The standard InChI is InChI=1S/C28H34N4O6S/c1-5-20(6-2)26(33)32-17-28(18-32,27(34)30-35)31(4)39(36,37)23-13-11-22(12-14-23)38-16-21-15-19(3)29-25-10-8-7-9-24(21)25/h7-15,20,35H,5-6,16-18H2,1-4H3,(H,30,34). The zero-order chi connectivity index (χ0) is 28.4. The minimum atomic E-state index is -4.15. The highest BCUT2D eigenvalue weighted by molar-refractivity contribution is 7.89. The molecule has 0 bridgehead atoms. The number of sulfonamides is 1. The Balaban J connectivity index is 1.50. The molecule has 2 heterocycles. The number of rotatable bonds is 10. The number of pyridine rings is 1. The minimum absolute atomic E-state index is 0.0440. The number of para-hydroxylation sites is 1. The molecule has 1 aliphatic rings. The average molecular weight is 555 g/mol. The van der Waals surface area contributed by atoms with Crippen LogP contribution in [-0.2, 0) is 26.2 Å². The largest absolute Gasteiger partial charge is 0.489 e. The lowest BCUT2D eigenvalue weighted by Crippen LogP contribution is -2.77. The van der Waals surface area contributed by atoms with Crippen molar-refractivity contribution < 1.29 is 28.0 Å². The van der Waals surface area contributed by atoms with Crippen molar-refractivity contribution >= 4 is 32.7 Å². The molecule has 1 fully saturated rings. The lowest BCUT2D eigenvalue weighted by molar-refractivity contribution is -0.159. The molecule has 0 atom stereocenters. The molecule has 1 aromatic heterocycles. The molecule has 208 valence electrons. The third-order valence-electron chi connectivity index (χ3n) is 7.48. The van der Waals surface area contributed by atoms with Crippen LogP contribution in [0.1, 0.15) is 37.9 Å². The van der Waals surface area contributed by atoms with Crippen LogP contribution >= 0.6 is 0 Å². The first kappa shape index (κ1) is 28.5. The number of likely N-dealkylation sites (N-methyl/N-ethyl adjacent to an activating group) is 1. The number of hydrogen-bond donors (Lipinski definition) is 2. The van der Waals surface area contributed by atoms with Crippen LogP contribution in [0.15, 0.2) is 59.5 Å². The molecule has 0 radical (unpaired) electrons. The molecule has 1 aliphatic heterocycles. The Morgan fingerprint density at radius 3 is 2.38 bits per heavy atom. The number of nitrogens with zero attached hydrogens (tertiary/aromatic N) is 3. The molecule has 2 amide bonds. The Labute approximate surface area is 228 Å². The first-order chi connectivity index (χ1) is 18.6. The number of carbonyl (C=O) groups is 2. The summed E-state index contributed by atoms with van der Waals surface area (Å²) in [6.07, 6.45) is 1.29. The number of carbonyl (C=O) groups excluding carboxylic acids is 2. The van der Waals surface area contributed by atoms with E-state index in [2.05, 4.69) is 4.98 Å². The van der Waals surface area contributed by atoms with E-state index >= 15 is 0 Å². The molecule has 2 aromatic carbocycles. The fourth-order valence-electron chi connectivity index (χ4n) is 5.00. The maximum absolute atomic E-state index is 13.5. The number of benzene rings is 2. The molecular formula is C28H34N4O6S. The van der Waals surface area contributed by atoms with E-state index in [1.807, 2.05) is 51.1 Å². The zero-order valence-corrected chi connectivity index (χ0v) is 23.4. The first-order valence-corrected chi connectivity index (χ1v) is 14.3. The summed E-state index contributed by atoms with van der Waals surface area (Å²) < 4.78 is 33.9. The minimum Gasteiger partial charge on any atom is -0.489 e. The number of amides is 2. The van der Waals surface area contributed by atoms with Gasteiger partial charge in [-0.3, -0.25) is 19.8 Å². The van der Waals surface area contributed by atoms with E-state index in [4.69, 9.17) is 4.74 Å². The van der Waals surface area contributed by atoms with Crippen LogP contribution in [0.3, 0.4) is 0 Å². The molecule has 2 N–H and O–H groups in total. The predicted molar refractivity (Wildman–Crippen MR) is 146 cm³/mol. The molecule has 0 spiro atoms. The lowest BCUT2D eigenvalue weighted by Gasteiger charge is -2.52. The van der Waals surface area contributed by atoms with Crippen LogP contribution in [0.2, 0.25) is 0 Å². The normalized spacial score (nSPS) is 14.9. The van der Waals surface area contributed by atoms with Crippen molar-refractivity contribution in [3.63, 3.8) is 0 Å². The first-order valence-electron chi connectivity index (χ1n) is 12.9. The summed E-state index contributed by atoms with van der Waals surface area (Å²) in [6.45, 7) is 5.71. The Kier molecular flexibility index (Phi) is 8.24. The number of hydroxylamine groups is 1. The summed E-state index contributed by atoms with van der Waals surface area (Å²) >= 11 is 0. The maximum atomic E-state index is 13.5. The van der Waals surface area contributed by atoms with Crippen LogP contribution in [-0.4, -0.2) is 65.3 Å². The molecule has 39 heavy (non-hydrogen) atoms. The average Bonchev–Trinajstić information content (AvgIpc) is 2.91. The molecule has 3 aromatic rings. The second kappa shape index (κ2) is 11.3. The molecule has 4 rings (SSSR count). The summed E-state index contributed by atoms with van der Waals surface area (Å²) in [7, 11) is -2.87. The van der Waals surface area contributed by atoms with E-state index in [0.29, 0.717) is 18.6 Å².